The van der Waals surface area contributed by atoms with Crippen LogP contribution in [0, 0.1) is 6.92 Å². The smallest absolute Gasteiger partial charge is 0.254 e. The van der Waals surface area contributed by atoms with E-state index in [9.17, 15) is 4.79 Å². The van der Waals surface area contributed by atoms with Crippen LogP contribution in [-0.2, 0) is 6.54 Å². The zero-order valence-corrected chi connectivity index (χ0v) is 12.2. The molecule has 2 N–H and O–H groups in total. The van der Waals surface area contributed by atoms with Crippen molar-refractivity contribution < 1.29 is 4.79 Å². The number of aryl methyl sites for hydroxylation is 1. The van der Waals surface area contributed by atoms with Gasteiger partial charge in [-0.25, -0.2) is 0 Å². The number of halogens is 1. The van der Waals surface area contributed by atoms with Crippen LogP contribution in [0.3, 0.4) is 0 Å². The van der Waals surface area contributed by atoms with E-state index in [0.29, 0.717) is 17.1 Å². The second-order valence-electron chi connectivity index (χ2n) is 4.82. The van der Waals surface area contributed by atoms with Crippen molar-refractivity contribution in [1.82, 2.24) is 15.3 Å². The van der Waals surface area contributed by atoms with Crippen LogP contribution in [0.2, 0.25) is 5.02 Å². The Kier molecular flexibility index (Phi) is 3.62. The highest BCUT2D eigenvalue weighted by molar-refractivity contribution is 6.31. The summed E-state index contributed by atoms with van der Waals surface area (Å²) in [4.78, 5) is 19.8. The van der Waals surface area contributed by atoms with E-state index in [4.69, 9.17) is 11.6 Å². The molecule has 0 aliphatic rings. The van der Waals surface area contributed by atoms with Gasteiger partial charge in [-0.2, -0.15) is 0 Å². The minimum Gasteiger partial charge on any atom is -0.358 e. The molecular weight excluding hydrogens is 286 g/mol. The zero-order chi connectivity index (χ0) is 14.8. The van der Waals surface area contributed by atoms with Gasteiger partial charge in [0.2, 0.25) is 0 Å². The number of nitrogens with zero attached hydrogens (tertiary/aromatic N) is 1. The van der Waals surface area contributed by atoms with Crippen LogP contribution in [0.4, 0.5) is 0 Å². The summed E-state index contributed by atoms with van der Waals surface area (Å²) in [6.07, 6.45) is 1.71. The van der Waals surface area contributed by atoms with Gasteiger partial charge in [0.15, 0.2) is 0 Å². The predicted molar refractivity (Wildman–Crippen MR) is 83.5 cm³/mol. The van der Waals surface area contributed by atoms with Crippen molar-refractivity contribution in [2.45, 2.75) is 13.5 Å². The van der Waals surface area contributed by atoms with Gasteiger partial charge in [0.1, 0.15) is 0 Å². The monoisotopic (exact) mass is 299 g/mol. The number of benzene rings is 1. The molecule has 0 fully saturated rings. The second-order valence-corrected chi connectivity index (χ2v) is 5.26. The fourth-order valence-electron chi connectivity index (χ4n) is 2.35. The molecule has 3 aromatic rings. The molecule has 0 spiro atoms. The van der Waals surface area contributed by atoms with Crippen molar-refractivity contribution >= 4 is 28.4 Å². The summed E-state index contributed by atoms with van der Waals surface area (Å²) in [5.41, 5.74) is 3.18. The summed E-state index contributed by atoms with van der Waals surface area (Å²) in [5.74, 6) is -0.133. The van der Waals surface area contributed by atoms with Gasteiger partial charge in [0.25, 0.3) is 5.91 Å². The molecule has 2 heterocycles. The first-order valence-electron chi connectivity index (χ1n) is 6.61. The molecule has 0 saturated heterocycles. The third kappa shape index (κ3) is 2.76. The SMILES string of the molecule is Cc1[nH]c2ccc(Cl)cc2c1C(=O)NCc1ccccn1. The summed E-state index contributed by atoms with van der Waals surface area (Å²) in [6, 6.07) is 11.1. The first-order chi connectivity index (χ1) is 10.1. The van der Waals surface area contributed by atoms with E-state index in [0.717, 1.165) is 22.3 Å². The van der Waals surface area contributed by atoms with Gasteiger partial charge in [0.05, 0.1) is 17.8 Å². The number of nitrogens with one attached hydrogen (secondary N) is 2. The van der Waals surface area contributed by atoms with Crippen LogP contribution in [0.25, 0.3) is 10.9 Å². The molecule has 0 atom stereocenters. The minimum absolute atomic E-state index is 0.133. The maximum Gasteiger partial charge on any atom is 0.254 e. The number of carbonyl (C=O) groups is 1. The lowest BCUT2D eigenvalue weighted by Gasteiger charge is -2.05. The van der Waals surface area contributed by atoms with Gasteiger partial charge in [-0.15, -0.1) is 0 Å². The van der Waals surface area contributed by atoms with E-state index >= 15 is 0 Å². The molecule has 0 bridgehead atoms. The van der Waals surface area contributed by atoms with Crippen LogP contribution in [0.15, 0.2) is 42.6 Å². The third-order valence-electron chi connectivity index (χ3n) is 3.33. The number of rotatable bonds is 3. The van der Waals surface area contributed by atoms with Gasteiger partial charge in [-0.05, 0) is 37.3 Å². The van der Waals surface area contributed by atoms with E-state index in [-0.39, 0.29) is 5.91 Å². The van der Waals surface area contributed by atoms with Crippen molar-refractivity contribution in [2.75, 3.05) is 0 Å². The standard InChI is InChI=1S/C16H14ClN3O/c1-10-15(13-8-11(17)5-6-14(13)20-10)16(21)19-9-12-4-2-3-7-18-12/h2-8,20H,9H2,1H3,(H,19,21). The summed E-state index contributed by atoms with van der Waals surface area (Å²) < 4.78 is 0. The van der Waals surface area contributed by atoms with Gasteiger partial charge in [0, 0.05) is 27.8 Å². The Morgan fingerprint density at radius 2 is 2.19 bits per heavy atom. The number of pyridine rings is 1. The Bertz CT molecular complexity index is 796. The molecule has 0 unspecified atom stereocenters. The lowest BCUT2D eigenvalue weighted by molar-refractivity contribution is 0.0951. The molecule has 2 aromatic heterocycles. The summed E-state index contributed by atoms with van der Waals surface area (Å²) >= 11 is 6.02. The number of H-pyrrole nitrogens is 1. The van der Waals surface area contributed by atoms with Gasteiger partial charge in [-0.1, -0.05) is 17.7 Å². The van der Waals surface area contributed by atoms with Gasteiger partial charge < -0.3 is 10.3 Å². The molecular formula is C16H14ClN3O. The number of fused-ring (bicyclic) bond motifs is 1. The second kappa shape index (κ2) is 5.58. The zero-order valence-electron chi connectivity index (χ0n) is 11.5. The number of hydrogen-bond acceptors (Lipinski definition) is 2. The van der Waals surface area contributed by atoms with Crippen molar-refractivity contribution in [3.05, 3.63) is 64.6 Å². The Morgan fingerprint density at radius 3 is 2.95 bits per heavy atom. The van der Waals surface area contributed by atoms with Crippen LogP contribution in [0.5, 0.6) is 0 Å². The van der Waals surface area contributed by atoms with E-state index in [1.54, 1.807) is 18.3 Å². The lowest BCUT2D eigenvalue weighted by Crippen LogP contribution is -2.23. The van der Waals surface area contributed by atoms with Crippen LogP contribution in [-0.4, -0.2) is 15.9 Å². The minimum atomic E-state index is -0.133. The normalized spacial score (nSPS) is 10.8. The molecule has 5 heteroatoms. The first kappa shape index (κ1) is 13.6. The maximum absolute atomic E-state index is 12.4. The molecule has 4 nitrogen and oxygen atoms in total. The van der Waals surface area contributed by atoms with Crippen LogP contribution >= 0.6 is 11.6 Å². The predicted octanol–water partition coefficient (Wildman–Crippen LogP) is 3.45. The van der Waals surface area contributed by atoms with Crippen LogP contribution in [0.1, 0.15) is 21.7 Å². The Morgan fingerprint density at radius 1 is 1.33 bits per heavy atom. The highest BCUT2D eigenvalue weighted by Crippen LogP contribution is 2.25. The molecule has 0 aliphatic heterocycles. The summed E-state index contributed by atoms with van der Waals surface area (Å²) in [7, 11) is 0. The fraction of sp³-hybridized carbons (Fsp3) is 0.125. The van der Waals surface area contributed by atoms with Crippen molar-refractivity contribution in [1.29, 1.82) is 0 Å². The average molecular weight is 300 g/mol. The highest BCUT2D eigenvalue weighted by Gasteiger charge is 2.16. The van der Waals surface area contributed by atoms with E-state index < -0.39 is 0 Å². The molecule has 0 radical (unpaired) electrons. The maximum atomic E-state index is 12.4. The molecule has 3 rings (SSSR count). The van der Waals surface area contributed by atoms with E-state index in [1.807, 2.05) is 31.2 Å². The fourth-order valence-corrected chi connectivity index (χ4v) is 2.53. The quantitative estimate of drug-likeness (QED) is 0.778. The van der Waals surface area contributed by atoms with Gasteiger partial charge in [-0.3, -0.25) is 9.78 Å². The Labute approximate surface area is 127 Å². The van der Waals surface area contributed by atoms with Crippen molar-refractivity contribution in [3.63, 3.8) is 0 Å². The largest absolute Gasteiger partial charge is 0.358 e. The van der Waals surface area contributed by atoms with E-state index in [2.05, 4.69) is 15.3 Å². The van der Waals surface area contributed by atoms with E-state index in [1.165, 1.54) is 0 Å². The first-order valence-corrected chi connectivity index (χ1v) is 6.99. The Hall–Kier alpha value is -2.33. The van der Waals surface area contributed by atoms with Crippen molar-refractivity contribution in [2.24, 2.45) is 0 Å². The molecule has 106 valence electrons. The van der Waals surface area contributed by atoms with Gasteiger partial charge >= 0.3 is 0 Å². The lowest BCUT2D eigenvalue weighted by atomic mass is 10.1. The molecule has 0 saturated carbocycles. The summed E-state index contributed by atoms with van der Waals surface area (Å²) in [6.45, 7) is 2.27. The molecule has 1 amide bonds. The van der Waals surface area contributed by atoms with Crippen molar-refractivity contribution in [3.8, 4) is 0 Å². The molecule has 1 aromatic carbocycles. The number of amides is 1. The number of aromatic amines is 1. The van der Waals surface area contributed by atoms with Crippen LogP contribution < -0.4 is 5.32 Å². The molecule has 21 heavy (non-hydrogen) atoms. The number of aromatic nitrogens is 2. The molecule has 0 aliphatic carbocycles. The summed E-state index contributed by atoms with van der Waals surface area (Å²) in [5, 5.41) is 4.33. The third-order valence-corrected chi connectivity index (χ3v) is 3.57. The Balaban J connectivity index is 1.87. The highest BCUT2D eigenvalue weighted by atomic mass is 35.5. The number of carbonyl (C=O) groups excluding carboxylic acids is 1. The average Bonchev–Trinajstić information content (AvgIpc) is 2.81. The number of hydrogen-bond donors (Lipinski definition) is 2. The topological polar surface area (TPSA) is 57.8 Å².